The van der Waals surface area contributed by atoms with Crippen molar-refractivity contribution in [3.8, 4) is 11.1 Å². The van der Waals surface area contributed by atoms with Crippen LogP contribution in [0.1, 0.15) is 26.3 Å². The molecule has 132 valence electrons. The molecule has 27 heavy (non-hydrogen) atoms. The average molecular weight is 350 g/mol. The van der Waals surface area contributed by atoms with Crippen molar-refractivity contribution in [1.29, 1.82) is 0 Å². The average Bonchev–Trinajstić information content (AvgIpc) is 3.05. The van der Waals surface area contributed by atoms with Gasteiger partial charge in [-0.3, -0.25) is 0 Å². The molecular formula is C26H22O. The van der Waals surface area contributed by atoms with Crippen molar-refractivity contribution < 1.29 is 4.42 Å². The first-order chi connectivity index (χ1) is 13.0. The summed E-state index contributed by atoms with van der Waals surface area (Å²) in [7, 11) is 0. The second kappa shape index (κ2) is 5.72. The first-order valence-corrected chi connectivity index (χ1v) is 9.46. The number of hydrogen-bond acceptors (Lipinski definition) is 1. The van der Waals surface area contributed by atoms with Gasteiger partial charge in [-0.25, -0.2) is 0 Å². The predicted molar refractivity (Wildman–Crippen MR) is 115 cm³/mol. The molecule has 1 aromatic heterocycles. The molecule has 1 nitrogen and oxygen atoms in total. The van der Waals surface area contributed by atoms with Gasteiger partial charge in [0.1, 0.15) is 11.2 Å². The fourth-order valence-electron chi connectivity index (χ4n) is 3.94. The van der Waals surface area contributed by atoms with E-state index in [1.165, 1.54) is 32.7 Å². The van der Waals surface area contributed by atoms with Gasteiger partial charge in [0.05, 0.1) is 0 Å². The molecule has 0 atom stereocenters. The molecule has 0 saturated carbocycles. The van der Waals surface area contributed by atoms with Gasteiger partial charge in [-0.1, -0.05) is 87.5 Å². The number of benzene rings is 4. The fourth-order valence-corrected chi connectivity index (χ4v) is 3.94. The van der Waals surface area contributed by atoms with Crippen molar-refractivity contribution in [2.45, 2.75) is 26.2 Å². The Bertz CT molecular complexity index is 1290. The van der Waals surface area contributed by atoms with Crippen molar-refractivity contribution in [3.05, 3.63) is 84.4 Å². The van der Waals surface area contributed by atoms with E-state index in [4.69, 9.17) is 4.42 Å². The summed E-state index contributed by atoms with van der Waals surface area (Å²) in [5.74, 6) is 0. The quantitative estimate of drug-likeness (QED) is 0.302. The molecule has 0 N–H and O–H groups in total. The molecule has 1 heteroatoms. The van der Waals surface area contributed by atoms with Gasteiger partial charge >= 0.3 is 0 Å². The molecular weight excluding hydrogens is 328 g/mol. The van der Waals surface area contributed by atoms with Gasteiger partial charge in [0.25, 0.3) is 0 Å². The number of hydrogen-bond donors (Lipinski definition) is 0. The highest BCUT2D eigenvalue weighted by molar-refractivity contribution is 6.12. The number of fused-ring (bicyclic) bond motifs is 4. The van der Waals surface area contributed by atoms with Crippen molar-refractivity contribution in [3.63, 3.8) is 0 Å². The van der Waals surface area contributed by atoms with E-state index in [2.05, 4.69) is 99.6 Å². The highest BCUT2D eigenvalue weighted by atomic mass is 16.3. The summed E-state index contributed by atoms with van der Waals surface area (Å²) in [6.45, 7) is 6.74. The van der Waals surface area contributed by atoms with E-state index in [0.29, 0.717) is 0 Å². The normalized spacial score (nSPS) is 12.3. The Kier molecular flexibility index (Phi) is 3.42. The Labute approximate surface area is 159 Å². The highest BCUT2D eigenvalue weighted by Crippen LogP contribution is 2.39. The van der Waals surface area contributed by atoms with Crippen LogP contribution in [0.5, 0.6) is 0 Å². The van der Waals surface area contributed by atoms with Crippen LogP contribution < -0.4 is 0 Å². The molecule has 0 aliphatic heterocycles. The molecule has 5 aromatic rings. The molecule has 1 heterocycles. The monoisotopic (exact) mass is 350 g/mol. The number of para-hydroxylation sites is 1. The molecule has 0 aliphatic rings. The second-order valence-electron chi connectivity index (χ2n) is 8.27. The van der Waals surface area contributed by atoms with E-state index < -0.39 is 0 Å². The molecule has 4 aromatic carbocycles. The molecule has 0 amide bonds. The van der Waals surface area contributed by atoms with Crippen LogP contribution in [0.2, 0.25) is 0 Å². The zero-order valence-corrected chi connectivity index (χ0v) is 15.9. The fraction of sp³-hybridized carbons (Fsp3) is 0.154. The predicted octanol–water partition coefficient (Wildman–Crippen LogP) is 7.70. The van der Waals surface area contributed by atoms with E-state index in [-0.39, 0.29) is 5.41 Å². The minimum absolute atomic E-state index is 0.116. The van der Waals surface area contributed by atoms with Gasteiger partial charge in [-0.2, -0.15) is 0 Å². The number of rotatable bonds is 1. The van der Waals surface area contributed by atoms with Crippen molar-refractivity contribution in [2.24, 2.45) is 0 Å². The first kappa shape index (κ1) is 16.1. The van der Waals surface area contributed by atoms with Crippen LogP contribution in [0.3, 0.4) is 0 Å². The van der Waals surface area contributed by atoms with Crippen LogP contribution in [0.15, 0.2) is 83.3 Å². The van der Waals surface area contributed by atoms with Gasteiger partial charge in [0, 0.05) is 16.3 Å². The van der Waals surface area contributed by atoms with Gasteiger partial charge in [-0.05, 0) is 39.4 Å². The Morgan fingerprint density at radius 3 is 2.19 bits per heavy atom. The SMILES string of the molecule is CC(C)(C)c1ccc2oc3c(-c4cccc5ccccc45)cccc3c2c1. The van der Waals surface area contributed by atoms with E-state index in [1.807, 2.05) is 0 Å². The minimum Gasteiger partial charge on any atom is -0.455 e. The van der Waals surface area contributed by atoms with Crippen LogP contribution in [0, 0.1) is 0 Å². The molecule has 0 spiro atoms. The van der Waals surface area contributed by atoms with Crippen molar-refractivity contribution in [2.75, 3.05) is 0 Å². The first-order valence-electron chi connectivity index (χ1n) is 9.46. The summed E-state index contributed by atoms with van der Waals surface area (Å²) in [6.07, 6.45) is 0. The van der Waals surface area contributed by atoms with Gasteiger partial charge in [0.2, 0.25) is 0 Å². The van der Waals surface area contributed by atoms with Gasteiger partial charge < -0.3 is 4.42 Å². The van der Waals surface area contributed by atoms with Crippen LogP contribution in [0.4, 0.5) is 0 Å². The third-order valence-corrected chi connectivity index (χ3v) is 5.44. The van der Waals surface area contributed by atoms with Crippen LogP contribution in [-0.2, 0) is 5.41 Å². The van der Waals surface area contributed by atoms with E-state index in [0.717, 1.165) is 16.7 Å². The van der Waals surface area contributed by atoms with Crippen molar-refractivity contribution in [1.82, 2.24) is 0 Å². The standard InChI is InChI=1S/C26H22O/c1-26(2,3)18-14-15-24-23(16-18)22-13-7-12-21(25(22)27-24)20-11-6-9-17-8-4-5-10-19(17)20/h4-16H,1-3H3. The molecule has 0 aliphatic carbocycles. The number of furan rings is 1. The summed E-state index contributed by atoms with van der Waals surface area (Å²) in [5.41, 5.74) is 5.73. The molecule has 0 bridgehead atoms. The van der Waals surface area contributed by atoms with Crippen LogP contribution in [0.25, 0.3) is 43.8 Å². The minimum atomic E-state index is 0.116. The summed E-state index contributed by atoms with van der Waals surface area (Å²) in [4.78, 5) is 0. The topological polar surface area (TPSA) is 13.1 Å². The molecule has 0 saturated heterocycles. The van der Waals surface area contributed by atoms with E-state index in [1.54, 1.807) is 0 Å². The lowest BCUT2D eigenvalue weighted by molar-refractivity contribution is 0.590. The Morgan fingerprint density at radius 1 is 0.630 bits per heavy atom. The summed E-state index contributed by atoms with van der Waals surface area (Å²) in [6, 6.07) is 28.0. The Balaban J connectivity index is 1.84. The maximum atomic E-state index is 6.35. The summed E-state index contributed by atoms with van der Waals surface area (Å²) >= 11 is 0. The lowest BCUT2D eigenvalue weighted by Gasteiger charge is -2.18. The van der Waals surface area contributed by atoms with E-state index in [9.17, 15) is 0 Å². The lowest BCUT2D eigenvalue weighted by Crippen LogP contribution is -2.10. The Morgan fingerprint density at radius 2 is 1.33 bits per heavy atom. The van der Waals surface area contributed by atoms with E-state index >= 15 is 0 Å². The van der Waals surface area contributed by atoms with Gasteiger partial charge in [-0.15, -0.1) is 0 Å². The lowest BCUT2D eigenvalue weighted by atomic mass is 9.86. The third-order valence-electron chi connectivity index (χ3n) is 5.44. The molecule has 0 radical (unpaired) electrons. The van der Waals surface area contributed by atoms with Crippen LogP contribution in [-0.4, -0.2) is 0 Å². The third kappa shape index (κ3) is 2.54. The summed E-state index contributed by atoms with van der Waals surface area (Å²) in [5, 5.41) is 4.88. The largest absolute Gasteiger partial charge is 0.455 e. The second-order valence-corrected chi connectivity index (χ2v) is 8.27. The molecule has 0 unspecified atom stereocenters. The van der Waals surface area contributed by atoms with Gasteiger partial charge in [0.15, 0.2) is 0 Å². The molecule has 0 fully saturated rings. The maximum absolute atomic E-state index is 6.35. The highest BCUT2D eigenvalue weighted by Gasteiger charge is 2.18. The Hall–Kier alpha value is -3.06. The van der Waals surface area contributed by atoms with Crippen LogP contribution >= 0.6 is 0 Å². The zero-order valence-electron chi connectivity index (χ0n) is 15.9. The van der Waals surface area contributed by atoms with Crippen molar-refractivity contribution >= 4 is 32.7 Å². The molecule has 5 rings (SSSR count). The summed E-state index contributed by atoms with van der Waals surface area (Å²) < 4.78 is 6.35. The smallest absolute Gasteiger partial charge is 0.143 e. The maximum Gasteiger partial charge on any atom is 0.143 e. The zero-order chi connectivity index (χ0) is 18.6.